The fourth-order valence-electron chi connectivity index (χ4n) is 1.97. The fourth-order valence-corrected chi connectivity index (χ4v) is 1.97. The number of hydrogen-bond donors (Lipinski definition) is 2. The number of nitrogens with two attached hydrogens (primary N) is 2. The average molecular weight is 325 g/mol. The van der Waals surface area contributed by atoms with Gasteiger partial charge in [-0.25, -0.2) is 9.59 Å². The quantitative estimate of drug-likeness (QED) is 0.597. The largest absolute Gasteiger partial charge is 0.458 e. The highest BCUT2D eigenvalue weighted by molar-refractivity contribution is 5.78. The van der Waals surface area contributed by atoms with Gasteiger partial charge in [-0.15, -0.1) is 0 Å². The maximum Gasteiger partial charge on any atom is 0.418 e. The smallest absolute Gasteiger partial charge is 0.418 e. The van der Waals surface area contributed by atoms with Gasteiger partial charge in [0.05, 0.1) is 0 Å². The van der Waals surface area contributed by atoms with E-state index < -0.39 is 12.1 Å². The minimum Gasteiger partial charge on any atom is -0.458 e. The van der Waals surface area contributed by atoms with Crippen LogP contribution in [-0.2, 0) is 19.1 Å². The molecule has 0 aromatic heterocycles. The molecule has 2 aromatic carbocycles. The maximum atomic E-state index is 12.1. The summed E-state index contributed by atoms with van der Waals surface area (Å²) in [6, 6.07) is 13.6. The van der Waals surface area contributed by atoms with Crippen molar-refractivity contribution >= 4 is 29.9 Å². The number of rotatable bonds is 7. The van der Waals surface area contributed by atoms with E-state index >= 15 is 0 Å². The molecule has 0 fully saturated rings. The van der Waals surface area contributed by atoms with Gasteiger partial charge in [-0.1, -0.05) is 30.3 Å². The topological polar surface area (TPSA) is 105 Å². The third-order valence-electron chi connectivity index (χ3n) is 3.19. The molecule has 4 N–H and O–H groups in total. The number of ether oxygens (including phenoxy) is 2. The maximum absolute atomic E-state index is 12.1. The molecule has 0 amide bonds. The van der Waals surface area contributed by atoms with E-state index in [2.05, 4.69) is 0 Å². The molecule has 1 atom stereocenters. The predicted molar refractivity (Wildman–Crippen MR) is 91.2 cm³/mol. The lowest BCUT2D eigenvalue weighted by molar-refractivity contribution is -0.151. The Morgan fingerprint density at radius 1 is 1.04 bits per heavy atom. The summed E-state index contributed by atoms with van der Waals surface area (Å²) in [4.78, 5) is 22.6. The molecule has 1 unspecified atom stereocenters. The summed E-state index contributed by atoms with van der Waals surface area (Å²) in [5.74, 6) is -0.690. The average Bonchev–Trinajstić information content (AvgIpc) is 2.59. The Labute approximate surface area is 139 Å². The zero-order valence-electron chi connectivity index (χ0n) is 12.8. The molecule has 0 saturated carbocycles. The number of nitrogen functional groups attached to an aromatic ring is 2. The molecule has 123 valence electrons. The molecule has 1 radical (unpaired) electrons. The number of carbonyl (C=O) groups excluding carboxylic acids is 2. The third kappa shape index (κ3) is 4.88. The number of carbonyl (C=O) groups is 1. The van der Waals surface area contributed by atoms with Crippen molar-refractivity contribution in [2.45, 2.75) is 6.10 Å². The number of benzene rings is 2. The Hall–Kier alpha value is -3.28. The van der Waals surface area contributed by atoms with Crippen molar-refractivity contribution in [3.63, 3.8) is 0 Å². The molecule has 2 aromatic rings. The van der Waals surface area contributed by atoms with E-state index in [-0.39, 0.29) is 6.61 Å². The van der Waals surface area contributed by atoms with Crippen LogP contribution in [0, 0.1) is 0 Å². The van der Waals surface area contributed by atoms with E-state index in [1.807, 2.05) is 12.1 Å². The molecule has 0 aliphatic carbocycles. The van der Waals surface area contributed by atoms with Crippen molar-refractivity contribution in [3.05, 3.63) is 65.7 Å². The molecule has 0 aliphatic heterocycles. The van der Waals surface area contributed by atoms with Gasteiger partial charge in [-0.05, 0) is 35.9 Å². The Kier molecular flexibility index (Phi) is 5.96. The van der Waals surface area contributed by atoms with Crippen molar-refractivity contribution < 1.29 is 19.1 Å². The first-order chi connectivity index (χ1) is 11.6. The fraction of sp³-hybridized carbons (Fsp3) is 0.111. The van der Waals surface area contributed by atoms with Gasteiger partial charge in [0.25, 0.3) is 0 Å². The highest BCUT2D eigenvalue weighted by Gasteiger charge is 2.23. The lowest BCUT2D eigenvalue weighted by Gasteiger charge is -2.13. The highest BCUT2D eigenvalue weighted by Crippen LogP contribution is 2.19. The van der Waals surface area contributed by atoms with E-state index in [4.69, 9.17) is 20.9 Å². The number of esters is 1. The minimum absolute atomic E-state index is 0.0386. The summed E-state index contributed by atoms with van der Waals surface area (Å²) in [7, 11) is 0. The SMILES string of the molecule is Nc1ccc(C=CCOC(=O)C(O[C]=O)c2ccc(N)cc2)cc1. The molecule has 0 bridgehead atoms. The molecule has 0 saturated heterocycles. The molecule has 0 spiro atoms. The molecule has 0 heterocycles. The van der Waals surface area contributed by atoms with Crippen molar-refractivity contribution in [2.75, 3.05) is 18.1 Å². The molecule has 6 nitrogen and oxygen atoms in total. The minimum atomic E-state index is -1.17. The van der Waals surface area contributed by atoms with Gasteiger partial charge in [0.2, 0.25) is 6.10 Å². The van der Waals surface area contributed by atoms with Crippen LogP contribution in [0.4, 0.5) is 11.4 Å². The molecule has 24 heavy (non-hydrogen) atoms. The van der Waals surface area contributed by atoms with Gasteiger partial charge in [-0.2, -0.15) is 0 Å². The van der Waals surface area contributed by atoms with Crippen molar-refractivity contribution in [1.29, 1.82) is 0 Å². The van der Waals surface area contributed by atoms with Crippen LogP contribution in [0.3, 0.4) is 0 Å². The van der Waals surface area contributed by atoms with E-state index in [0.29, 0.717) is 16.9 Å². The highest BCUT2D eigenvalue weighted by atomic mass is 16.6. The van der Waals surface area contributed by atoms with Gasteiger partial charge in [-0.3, -0.25) is 0 Å². The van der Waals surface area contributed by atoms with Gasteiger partial charge in [0, 0.05) is 16.9 Å². The van der Waals surface area contributed by atoms with Gasteiger partial charge >= 0.3 is 12.4 Å². The Balaban J connectivity index is 1.94. The second-order valence-corrected chi connectivity index (χ2v) is 4.95. The van der Waals surface area contributed by atoms with Crippen LogP contribution in [0.2, 0.25) is 0 Å². The Bertz CT molecular complexity index is 709. The van der Waals surface area contributed by atoms with Crippen molar-refractivity contribution in [3.8, 4) is 0 Å². The second kappa shape index (κ2) is 8.38. The first-order valence-corrected chi connectivity index (χ1v) is 7.17. The van der Waals surface area contributed by atoms with E-state index in [1.54, 1.807) is 48.6 Å². The zero-order valence-corrected chi connectivity index (χ0v) is 12.8. The summed E-state index contributed by atoms with van der Waals surface area (Å²) >= 11 is 0. The third-order valence-corrected chi connectivity index (χ3v) is 3.19. The predicted octanol–water partition coefficient (Wildman–Crippen LogP) is 2.23. The summed E-state index contributed by atoms with van der Waals surface area (Å²) in [6.45, 7) is 1.31. The lowest BCUT2D eigenvalue weighted by Crippen LogP contribution is -2.18. The van der Waals surface area contributed by atoms with Crippen LogP contribution in [0.25, 0.3) is 6.08 Å². The van der Waals surface area contributed by atoms with Gasteiger partial charge in [0.1, 0.15) is 6.61 Å². The van der Waals surface area contributed by atoms with Crippen LogP contribution in [0.1, 0.15) is 17.2 Å². The molecule has 0 aliphatic rings. The van der Waals surface area contributed by atoms with E-state index in [1.165, 1.54) is 6.47 Å². The summed E-state index contributed by atoms with van der Waals surface area (Å²) in [5.41, 5.74) is 13.8. The van der Waals surface area contributed by atoms with Crippen LogP contribution in [0.15, 0.2) is 54.6 Å². The monoisotopic (exact) mass is 325 g/mol. The van der Waals surface area contributed by atoms with Crippen LogP contribution < -0.4 is 11.5 Å². The van der Waals surface area contributed by atoms with Gasteiger partial charge < -0.3 is 20.9 Å². The molecular weight excluding hydrogens is 308 g/mol. The van der Waals surface area contributed by atoms with E-state index in [9.17, 15) is 9.59 Å². The summed E-state index contributed by atoms with van der Waals surface area (Å²) in [6.07, 6.45) is 2.29. The van der Waals surface area contributed by atoms with Crippen LogP contribution >= 0.6 is 0 Å². The normalized spacial score (nSPS) is 11.8. The first-order valence-electron chi connectivity index (χ1n) is 7.17. The number of anilines is 2. The molecular formula is C18H17N2O4. The van der Waals surface area contributed by atoms with Crippen LogP contribution in [0.5, 0.6) is 0 Å². The van der Waals surface area contributed by atoms with Crippen molar-refractivity contribution in [1.82, 2.24) is 0 Å². The number of hydrogen-bond acceptors (Lipinski definition) is 6. The standard InChI is InChI=1S/C18H17N2O4/c19-15-7-3-13(4-8-15)2-1-11-23-18(22)17(24-12-21)14-5-9-16(20)10-6-14/h1-10,17H,11,19-20H2. The Morgan fingerprint density at radius 3 is 2.21 bits per heavy atom. The van der Waals surface area contributed by atoms with E-state index in [0.717, 1.165) is 5.56 Å². The van der Waals surface area contributed by atoms with Crippen molar-refractivity contribution in [2.24, 2.45) is 0 Å². The molecule has 6 heteroatoms. The summed E-state index contributed by atoms with van der Waals surface area (Å²) in [5, 5.41) is 0. The molecule has 2 rings (SSSR count). The summed E-state index contributed by atoms with van der Waals surface area (Å²) < 4.78 is 9.80. The van der Waals surface area contributed by atoms with Gasteiger partial charge in [0.15, 0.2) is 0 Å². The van der Waals surface area contributed by atoms with Crippen LogP contribution in [-0.4, -0.2) is 19.0 Å². The Morgan fingerprint density at radius 2 is 1.62 bits per heavy atom. The second-order valence-electron chi connectivity index (χ2n) is 4.95. The lowest BCUT2D eigenvalue weighted by atomic mass is 10.1. The first kappa shape index (κ1) is 17.1. The zero-order chi connectivity index (χ0) is 17.4.